The summed E-state index contributed by atoms with van der Waals surface area (Å²) in [4.78, 5) is 0. The molecule has 0 amide bonds. The highest BCUT2D eigenvalue weighted by atomic mass is 14.0. The first-order valence-corrected chi connectivity index (χ1v) is 4.88. The third kappa shape index (κ3) is 6.15. The predicted octanol–water partition coefficient (Wildman–Crippen LogP) is 3.56. The maximum atomic E-state index is 5.26. The van der Waals surface area contributed by atoms with Crippen LogP contribution in [-0.4, -0.2) is 0 Å². The normalized spacial score (nSPS) is 14.4. The molecule has 0 radical (unpaired) electrons. The molecule has 0 aromatic carbocycles. The molecule has 0 aromatic rings. The molecule has 0 saturated heterocycles. The van der Waals surface area contributed by atoms with Gasteiger partial charge in [0, 0.05) is 0 Å². The van der Waals surface area contributed by atoms with Gasteiger partial charge in [-0.25, -0.2) is 0 Å². The van der Waals surface area contributed by atoms with Crippen molar-refractivity contribution < 1.29 is 0 Å². The Balaban J connectivity index is 3.95. The highest BCUT2D eigenvalue weighted by Gasteiger charge is 1.96. The van der Waals surface area contributed by atoms with Crippen LogP contribution in [0.15, 0.2) is 23.3 Å². The summed E-state index contributed by atoms with van der Waals surface area (Å²) in [5, 5.41) is 0. The summed E-state index contributed by atoms with van der Waals surface area (Å²) in [7, 11) is 0. The van der Waals surface area contributed by atoms with Crippen LogP contribution in [0, 0.1) is 30.6 Å². The Morgan fingerprint density at radius 1 is 1.21 bits per heavy atom. The molecular weight excluding hydrogens is 168 g/mol. The molecule has 0 aromatic heterocycles. The van der Waals surface area contributed by atoms with Crippen molar-refractivity contribution in [3.05, 3.63) is 23.3 Å². The summed E-state index contributed by atoms with van der Waals surface area (Å²) in [6.07, 6.45) is 16.8. The molecule has 0 N–H and O–H groups in total. The van der Waals surface area contributed by atoms with Gasteiger partial charge in [0.15, 0.2) is 0 Å². The van der Waals surface area contributed by atoms with Crippen molar-refractivity contribution in [1.82, 2.24) is 0 Å². The van der Waals surface area contributed by atoms with Gasteiger partial charge in [-0.15, -0.1) is 12.8 Å². The van der Waals surface area contributed by atoms with E-state index in [0.29, 0.717) is 5.92 Å². The van der Waals surface area contributed by atoms with Crippen LogP contribution in [-0.2, 0) is 0 Å². The van der Waals surface area contributed by atoms with Crippen molar-refractivity contribution in [2.45, 2.75) is 33.6 Å². The molecule has 0 aliphatic carbocycles. The van der Waals surface area contributed by atoms with Gasteiger partial charge in [-0.1, -0.05) is 30.9 Å². The van der Waals surface area contributed by atoms with Gasteiger partial charge in [-0.3, -0.25) is 0 Å². The quantitative estimate of drug-likeness (QED) is 0.589. The second-order valence-electron chi connectivity index (χ2n) is 3.58. The molecule has 0 fully saturated rings. The molecule has 0 aliphatic heterocycles. The molecule has 0 spiro atoms. The molecule has 0 nitrogen and oxygen atoms in total. The van der Waals surface area contributed by atoms with E-state index in [-0.39, 0.29) is 0 Å². The van der Waals surface area contributed by atoms with Gasteiger partial charge >= 0.3 is 0 Å². The second-order valence-corrected chi connectivity index (χ2v) is 3.58. The van der Waals surface area contributed by atoms with E-state index in [9.17, 15) is 0 Å². The number of hydrogen-bond acceptors (Lipinski definition) is 0. The van der Waals surface area contributed by atoms with E-state index < -0.39 is 0 Å². The van der Waals surface area contributed by atoms with Crippen molar-refractivity contribution >= 4 is 0 Å². The maximum Gasteiger partial charge on any atom is -0.00506 e. The average Bonchev–Trinajstić information content (AvgIpc) is 2.17. The minimum atomic E-state index is 0.521. The first-order chi connectivity index (χ1) is 6.60. The molecular formula is C14H18. The standard InChI is InChI=1S/C14H18/c1-6-12(3)9-8-10-14(5)11-13(4)7-2/h1-2,9,11,14H,8,10H2,3-5H3. The zero-order chi connectivity index (χ0) is 11.0. The molecule has 1 atom stereocenters. The number of rotatable bonds is 4. The predicted molar refractivity (Wildman–Crippen MR) is 63.6 cm³/mol. The summed E-state index contributed by atoms with van der Waals surface area (Å²) in [5.41, 5.74) is 2.02. The molecule has 0 rings (SSSR count). The van der Waals surface area contributed by atoms with Gasteiger partial charge in [0.25, 0.3) is 0 Å². The van der Waals surface area contributed by atoms with E-state index in [1.54, 1.807) is 0 Å². The molecule has 0 heterocycles. The highest BCUT2D eigenvalue weighted by molar-refractivity contribution is 5.24. The van der Waals surface area contributed by atoms with Gasteiger partial charge < -0.3 is 0 Å². The summed E-state index contributed by atoms with van der Waals surface area (Å²) >= 11 is 0. The molecule has 14 heavy (non-hydrogen) atoms. The fourth-order valence-electron chi connectivity index (χ4n) is 1.18. The topological polar surface area (TPSA) is 0 Å². The third-order valence-electron chi connectivity index (χ3n) is 2.06. The third-order valence-corrected chi connectivity index (χ3v) is 2.06. The van der Waals surface area contributed by atoms with Gasteiger partial charge in [-0.05, 0) is 43.8 Å². The van der Waals surface area contributed by atoms with Crippen LogP contribution in [0.2, 0.25) is 0 Å². The fraction of sp³-hybridized carbons (Fsp3) is 0.429. The van der Waals surface area contributed by atoms with Crippen molar-refractivity contribution in [3.8, 4) is 24.7 Å². The van der Waals surface area contributed by atoms with Crippen molar-refractivity contribution in [3.63, 3.8) is 0 Å². The Kier molecular flexibility index (Phi) is 6.34. The second kappa shape index (κ2) is 7.05. The van der Waals surface area contributed by atoms with Crippen LogP contribution < -0.4 is 0 Å². The van der Waals surface area contributed by atoms with Crippen LogP contribution >= 0.6 is 0 Å². The van der Waals surface area contributed by atoms with Crippen LogP contribution in [0.4, 0.5) is 0 Å². The Labute approximate surface area is 88.1 Å². The lowest BCUT2D eigenvalue weighted by atomic mass is 10.0. The van der Waals surface area contributed by atoms with Gasteiger partial charge in [-0.2, -0.15) is 0 Å². The Bertz CT molecular complexity index is 302. The van der Waals surface area contributed by atoms with Gasteiger partial charge in [0.1, 0.15) is 0 Å². The zero-order valence-electron chi connectivity index (χ0n) is 9.30. The smallest absolute Gasteiger partial charge is 0.00506 e. The Morgan fingerprint density at radius 2 is 1.79 bits per heavy atom. The first kappa shape index (κ1) is 12.6. The van der Waals surface area contributed by atoms with E-state index in [1.165, 1.54) is 0 Å². The van der Waals surface area contributed by atoms with Crippen LogP contribution in [0.25, 0.3) is 0 Å². The van der Waals surface area contributed by atoms with Crippen molar-refractivity contribution in [1.29, 1.82) is 0 Å². The first-order valence-electron chi connectivity index (χ1n) is 4.88. The van der Waals surface area contributed by atoms with Crippen LogP contribution in [0.5, 0.6) is 0 Å². The van der Waals surface area contributed by atoms with E-state index in [0.717, 1.165) is 24.0 Å². The molecule has 0 heteroatoms. The van der Waals surface area contributed by atoms with E-state index >= 15 is 0 Å². The Morgan fingerprint density at radius 3 is 2.29 bits per heavy atom. The lowest BCUT2D eigenvalue weighted by Gasteiger charge is -2.03. The minimum absolute atomic E-state index is 0.521. The maximum absolute atomic E-state index is 5.26. The largest absolute Gasteiger partial charge is 0.115 e. The van der Waals surface area contributed by atoms with E-state index in [4.69, 9.17) is 12.8 Å². The van der Waals surface area contributed by atoms with Crippen LogP contribution in [0.3, 0.4) is 0 Å². The van der Waals surface area contributed by atoms with Gasteiger partial charge in [0.05, 0.1) is 0 Å². The molecule has 1 unspecified atom stereocenters. The average molecular weight is 186 g/mol. The summed E-state index contributed by atoms with van der Waals surface area (Å²) in [5.74, 6) is 5.74. The SMILES string of the molecule is C#CC(C)=CCCC(C)C=C(C)C#C. The lowest BCUT2D eigenvalue weighted by Crippen LogP contribution is -1.89. The minimum Gasteiger partial charge on any atom is -0.115 e. The molecule has 0 aliphatic rings. The summed E-state index contributed by atoms with van der Waals surface area (Å²) in [6, 6.07) is 0. The molecule has 74 valence electrons. The number of hydrogen-bond donors (Lipinski definition) is 0. The van der Waals surface area contributed by atoms with Crippen LogP contribution in [0.1, 0.15) is 33.6 Å². The summed E-state index contributed by atoms with van der Waals surface area (Å²) in [6.45, 7) is 6.08. The lowest BCUT2D eigenvalue weighted by molar-refractivity contribution is 0.654. The Hall–Kier alpha value is -1.40. The zero-order valence-corrected chi connectivity index (χ0v) is 9.30. The molecule has 0 bridgehead atoms. The summed E-state index contributed by atoms with van der Waals surface area (Å²) < 4.78 is 0. The van der Waals surface area contributed by atoms with E-state index in [2.05, 4.69) is 30.9 Å². The van der Waals surface area contributed by atoms with E-state index in [1.807, 2.05) is 13.8 Å². The van der Waals surface area contributed by atoms with Crippen molar-refractivity contribution in [2.75, 3.05) is 0 Å². The fourth-order valence-corrected chi connectivity index (χ4v) is 1.18. The molecule has 0 saturated carbocycles. The van der Waals surface area contributed by atoms with Crippen molar-refractivity contribution in [2.24, 2.45) is 5.92 Å². The number of terminal acetylenes is 2. The highest BCUT2D eigenvalue weighted by Crippen LogP contribution is 2.11. The van der Waals surface area contributed by atoms with Gasteiger partial charge in [0.2, 0.25) is 0 Å². The monoisotopic (exact) mass is 186 g/mol. The number of allylic oxidation sites excluding steroid dienone is 4.